The van der Waals surface area contributed by atoms with E-state index in [1.54, 1.807) is 12.1 Å². The average molecular weight is 261 g/mol. The number of hydrogen-bond donors (Lipinski definition) is 0. The highest BCUT2D eigenvalue weighted by Gasteiger charge is 2.04. The molecule has 0 saturated heterocycles. The zero-order valence-electron chi connectivity index (χ0n) is 9.80. The van der Waals surface area contributed by atoms with Gasteiger partial charge >= 0.3 is 0 Å². The van der Waals surface area contributed by atoms with Gasteiger partial charge in [0.1, 0.15) is 12.4 Å². The van der Waals surface area contributed by atoms with Crippen molar-refractivity contribution in [2.45, 2.75) is 12.5 Å². The lowest BCUT2D eigenvalue weighted by atomic mass is 10.1. The van der Waals surface area contributed by atoms with Gasteiger partial charge in [-0.2, -0.15) is 0 Å². The van der Waals surface area contributed by atoms with E-state index in [2.05, 4.69) is 0 Å². The number of benzene rings is 2. The van der Waals surface area contributed by atoms with Crippen LogP contribution in [0.25, 0.3) is 0 Å². The Kier molecular flexibility index (Phi) is 4.37. The van der Waals surface area contributed by atoms with Gasteiger partial charge < -0.3 is 4.74 Å². The number of hydrogen-bond acceptors (Lipinski definition) is 2. The molecule has 2 aromatic rings. The number of halogens is 1. The predicted molar refractivity (Wildman–Crippen MR) is 72.2 cm³/mol. The molecule has 0 aromatic heterocycles. The minimum atomic E-state index is 0.410. The van der Waals surface area contributed by atoms with E-state index >= 15 is 0 Å². The molecule has 0 atom stereocenters. The summed E-state index contributed by atoms with van der Waals surface area (Å²) in [6, 6.07) is 15.0. The van der Waals surface area contributed by atoms with Gasteiger partial charge in [-0.3, -0.25) is 4.79 Å². The summed E-state index contributed by atoms with van der Waals surface area (Å²) in [5.41, 5.74) is 2.64. The summed E-state index contributed by atoms with van der Waals surface area (Å²) < 4.78 is 5.67. The standard InChI is InChI=1S/C15H13ClO2/c16-9-12-5-1-2-7-14(12)11-18-15-8-4-3-6-13(15)10-17/h1-8,10H,9,11H2. The Morgan fingerprint density at radius 2 is 1.67 bits per heavy atom. The second-order valence-corrected chi connectivity index (χ2v) is 4.11. The second kappa shape index (κ2) is 6.22. The van der Waals surface area contributed by atoms with Crippen molar-refractivity contribution < 1.29 is 9.53 Å². The van der Waals surface area contributed by atoms with Crippen LogP contribution < -0.4 is 4.74 Å². The third-order valence-corrected chi connectivity index (χ3v) is 2.98. The molecule has 0 aliphatic carbocycles. The van der Waals surface area contributed by atoms with Crippen LogP contribution in [0.5, 0.6) is 5.75 Å². The molecule has 0 spiro atoms. The van der Waals surface area contributed by atoms with Gasteiger partial charge in [-0.25, -0.2) is 0 Å². The molecule has 3 heteroatoms. The number of rotatable bonds is 5. The Hall–Kier alpha value is -1.80. The van der Waals surface area contributed by atoms with E-state index in [1.807, 2.05) is 36.4 Å². The van der Waals surface area contributed by atoms with E-state index in [-0.39, 0.29) is 0 Å². The third kappa shape index (κ3) is 2.90. The van der Waals surface area contributed by atoms with Crippen LogP contribution in [-0.2, 0) is 12.5 Å². The Morgan fingerprint density at radius 1 is 1.00 bits per heavy atom. The van der Waals surface area contributed by atoms with Gasteiger partial charge in [0.25, 0.3) is 0 Å². The lowest BCUT2D eigenvalue weighted by Gasteiger charge is -2.10. The van der Waals surface area contributed by atoms with Gasteiger partial charge in [0.2, 0.25) is 0 Å². The van der Waals surface area contributed by atoms with Crippen LogP contribution >= 0.6 is 11.6 Å². The highest BCUT2D eigenvalue weighted by atomic mass is 35.5. The first-order chi connectivity index (χ1) is 8.85. The summed E-state index contributed by atoms with van der Waals surface area (Å²) in [7, 11) is 0. The van der Waals surface area contributed by atoms with Crippen LogP contribution in [0.1, 0.15) is 21.5 Å². The third-order valence-electron chi connectivity index (χ3n) is 2.69. The van der Waals surface area contributed by atoms with Crippen LogP contribution in [0.4, 0.5) is 0 Å². The summed E-state index contributed by atoms with van der Waals surface area (Å²) >= 11 is 5.86. The van der Waals surface area contributed by atoms with E-state index < -0.39 is 0 Å². The molecule has 0 saturated carbocycles. The van der Waals surface area contributed by atoms with Gasteiger partial charge in [-0.05, 0) is 23.3 Å². The maximum atomic E-state index is 10.9. The van der Waals surface area contributed by atoms with Gasteiger partial charge in [0.15, 0.2) is 6.29 Å². The predicted octanol–water partition coefficient (Wildman–Crippen LogP) is 3.82. The summed E-state index contributed by atoms with van der Waals surface area (Å²) in [5.74, 6) is 1.05. The topological polar surface area (TPSA) is 26.3 Å². The molecular weight excluding hydrogens is 248 g/mol. The van der Waals surface area contributed by atoms with Crippen LogP contribution in [0.3, 0.4) is 0 Å². The molecule has 2 nitrogen and oxygen atoms in total. The van der Waals surface area contributed by atoms with Crippen LogP contribution in [0.15, 0.2) is 48.5 Å². The zero-order chi connectivity index (χ0) is 12.8. The maximum absolute atomic E-state index is 10.9. The Bertz CT molecular complexity index is 538. The summed E-state index contributed by atoms with van der Waals surface area (Å²) in [4.78, 5) is 10.9. The highest BCUT2D eigenvalue weighted by molar-refractivity contribution is 6.17. The monoisotopic (exact) mass is 260 g/mol. The molecule has 0 N–H and O–H groups in total. The number of para-hydroxylation sites is 1. The van der Waals surface area contributed by atoms with Crippen molar-refractivity contribution in [3.8, 4) is 5.75 Å². The highest BCUT2D eigenvalue weighted by Crippen LogP contribution is 2.19. The van der Waals surface area contributed by atoms with Crippen molar-refractivity contribution in [2.24, 2.45) is 0 Å². The van der Waals surface area contributed by atoms with E-state index in [4.69, 9.17) is 16.3 Å². The minimum Gasteiger partial charge on any atom is -0.488 e. The first-order valence-corrected chi connectivity index (χ1v) is 6.18. The first-order valence-electron chi connectivity index (χ1n) is 5.65. The Labute approximate surface area is 111 Å². The van der Waals surface area contributed by atoms with Crippen molar-refractivity contribution in [1.29, 1.82) is 0 Å². The fourth-order valence-corrected chi connectivity index (χ4v) is 1.95. The molecule has 0 radical (unpaired) electrons. The average Bonchev–Trinajstić information content (AvgIpc) is 2.45. The van der Waals surface area contributed by atoms with Crippen LogP contribution in [-0.4, -0.2) is 6.29 Å². The molecule has 0 aliphatic heterocycles. The van der Waals surface area contributed by atoms with Gasteiger partial charge in [-0.1, -0.05) is 36.4 Å². The quantitative estimate of drug-likeness (QED) is 0.603. The fraction of sp³-hybridized carbons (Fsp3) is 0.133. The largest absolute Gasteiger partial charge is 0.488 e. The Morgan fingerprint density at radius 3 is 2.39 bits per heavy atom. The SMILES string of the molecule is O=Cc1ccccc1OCc1ccccc1CCl. The van der Waals surface area contributed by atoms with Gasteiger partial charge in [0.05, 0.1) is 5.56 Å². The molecule has 92 valence electrons. The van der Waals surface area contributed by atoms with Gasteiger partial charge in [-0.15, -0.1) is 11.6 Å². The van der Waals surface area contributed by atoms with E-state index in [0.29, 0.717) is 23.8 Å². The normalized spacial score (nSPS) is 10.1. The second-order valence-electron chi connectivity index (χ2n) is 3.85. The van der Waals surface area contributed by atoms with E-state index in [1.165, 1.54) is 0 Å². The molecule has 0 heterocycles. The van der Waals surface area contributed by atoms with Crippen molar-refractivity contribution in [3.05, 3.63) is 65.2 Å². The fourth-order valence-electron chi connectivity index (χ4n) is 1.69. The lowest BCUT2D eigenvalue weighted by Crippen LogP contribution is -2.00. The molecule has 0 bridgehead atoms. The lowest BCUT2D eigenvalue weighted by molar-refractivity contribution is 0.111. The Balaban J connectivity index is 2.14. The van der Waals surface area contributed by atoms with Crippen molar-refractivity contribution in [3.63, 3.8) is 0 Å². The van der Waals surface area contributed by atoms with Crippen LogP contribution in [0, 0.1) is 0 Å². The number of alkyl halides is 1. The smallest absolute Gasteiger partial charge is 0.153 e. The van der Waals surface area contributed by atoms with Crippen molar-refractivity contribution >= 4 is 17.9 Å². The number of carbonyl (C=O) groups excluding carboxylic acids is 1. The van der Waals surface area contributed by atoms with Crippen LogP contribution in [0.2, 0.25) is 0 Å². The molecule has 2 rings (SSSR count). The molecular formula is C15H13ClO2. The summed E-state index contributed by atoms with van der Waals surface area (Å²) in [6.07, 6.45) is 0.794. The summed E-state index contributed by atoms with van der Waals surface area (Å²) in [5, 5.41) is 0. The minimum absolute atomic E-state index is 0.410. The molecule has 2 aromatic carbocycles. The molecule has 18 heavy (non-hydrogen) atoms. The molecule has 0 amide bonds. The molecule has 0 fully saturated rings. The maximum Gasteiger partial charge on any atom is 0.153 e. The van der Waals surface area contributed by atoms with Gasteiger partial charge in [0, 0.05) is 5.88 Å². The summed E-state index contributed by atoms with van der Waals surface area (Å²) in [6.45, 7) is 0.410. The number of ether oxygens (including phenoxy) is 1. The molecule has 0 unspecified atom stereocenters. The number of aldehydes is 1. The first kappa shape index (κ1) is 12.7. The van der Waals surface area contributed by atoms with E-state index in [0.717, 1.165) is 17.4 Å². The molecule has 0 aliphatic rings. The van der Waals surface area contributed by atoms with Crippen molar-refractivity contribution in [2.75, 3.05) is 0 Å². The van der Waals surface area contributed by atoms with Crippen molar-refractivity contribution in [1.82, 2.24) is 0 Å². The van der Waals surface area contributed by atoms with E-state index in [9.17, 15) is 4.79 Å². The number of carbonyl (C=O) groups is 1. The zero-order valence-corrected chi connectivity index (χ0v) is 10.6.